The van der Waals surface area contributed by atoms with E-state index in [0.29, 0.717) is 6.04 Å². The van der Waals surface area contributed by atoms with Crippen molar-refractivity contribution in [3.63, 3.8) is 0 Å². The third-order valence-corrected chi connectivity index (χ3v) is 5.26. The van der Waals surface area contributed by atoms with E-state index in [1.54, 1.807) is 0 Å². The molecule has 1 saturated carbocycles. The lowest BCUT2D eigenvalue weighted by Crippen LogP contribution is -2.53. The van der Waals surface area contributed by atoms with Crippen LogP contribution in [0, 0.1) is 0 Å². The number of anilines is 1. The average Bonchev–Trinajstić information content (AvgIpc) is 2.68. The maximum Gasteiger partial charge on any atom is 0.317 e. The van der Waals surface area contributed by atoms with Gasteiger partial charge < -0.3 is 15.1 Å². The van der Waals surface area contributed by atoms with E-state index >= 15 is 0 Å². The molecule has 1 aromatic carbocycles. The Labute approximate surface area is 148 Å². The highest BCUT2D eigenvalue weighted by molar-refractivity contribution is 5.76. The van der Waals surface area contributed by atoms with Gasteiger partial charge in [-0.3, -0.25) is 4.98 Å². The molecular weight excluding hydrogens is 314 g/mol. The van der Waals surface area contributed by atoms with Gasteiger partial charge in [0.15, 0.2) is 0 Å². The van der Waals surface area contributed by atoms with Gasteiger partial charge in [0.05, 0.1) is 17.2 Å². The van der Waals surface area contributed by atoms with Crippen molar-refractivity contribution in [2.75, 3.05) is 31.1 Å². The second-order valence-corrected chi connectivity index (χ2v) is 6.98. The maximum atomic E-state index is 12.5. The van der Waals surface area contributed by atoms with Crippen molar-refractivity contribution in [1.29, 1.82) is 0 Å². The van der Waals surface area contributed by atoms with E-state index in [1.807, 2.05) is 35.4 Å². The number of nitrogens with zero attached hydrogens (tertiary/aromatic N) is 4. The number of nitrogens with one attached hydrogen (secondary N) is 1. The topological polar surface area (TPSA) is 61.4 Å². The van der Waals surface area contributed by atoms with Gasteiger partial charge in [-0.2, -0.15) is 0 Å². The van der Waals surface area contributed by atoms with Crippen molar-refractivity contribution in [3.05, 3.63) is 30.5 Å². The zero-order valence-electron chi connectivity index (χ0n) is 14.5. The molecule has 2 amide bonds. The van der Waals surface area contributed by atoms with Crippen molar-refractivity contribution in [2.24, 2.45) is 0 Å². The number of rotatable bonds is 2. The number of aromatic nitrogens is 2. The number of urea groups is 1. The Balaban J connectivity index is 1.34. The zero-order chi connectivity index (χ0) is 17.1. The summed E-state index contributed by atoms with van der Waals surface area (Å²) in [5.41, 5.74) is 1.83. The molecule has 6 nitrogen and oxygen atoms in total. The lowest BCUT2D eigenvalue weighted by atomic mass is 9.96. The Morgan fingerprint density at radius 3 is 2.48 bits per heavy atom. The molecule has 0 atom stereocenters. The van der Waals surface area contributed by atoms with Gasteiger partial charge in [0.1, 0.15) is 5.82 Å². The normalized spacial score (nSPS) is 19.2. The van der Waals surface area contributed by atoms with E-state index in [4.69, 9.17) is 4.98 Å². The Kier molecular flexibility index (Phi) is 4.68. The second kappa shape index (κ2) is 7.25. The van der Waals surface area contributed by atoms with Crippen LogP contribution in [0.4, 0.5) is 10.6 Å². The van der Waals surface area contributed by atoms with Crippen LogP contribution in [0.25, 0.3) is 11.0 Å². The number of carbonyl (C=O) groups excluding carboxylic acids is 1. The SMILES string of the molecule is O=C(NC1CCCCC1)N1CCN(c2cnc3ccccc3n2)CC1. The number of fused-ring (bicyclic) bond motifs is 1. The minimum absolute atomic E-state index is 0.0937. The Morgan fingerprint density at radius 1 is 1.00 bits per heavy atom. The molecule has 0 bridgehead atoms. The molecule has 1 aliphatic carbocycles. The molecule has 2 aliphatic rings. The first-order valence-corrected chi connectivity index (χ1v) is 9.32. The van der Waals surface area contributed by atoms with E-state index < -0.39 is 0 Å². The largest absolute Gasteiger partial charge is 0.352 e. The van der Waals surface area contributed by atoms with Gasteiger partial charge >= 0.3 is 6.03 Å². The van der Waals surface area contributed by atoms with Crippen LogP contribution in [0.5, 0.6) is 0 Å². The zero-order valence-corrected chi connectivity index (χ0v) is 14.5. The molecule has 6 heteroatoms. The number of benzene rings is 1. The third-order valence-electron chi connectivity index (χ3n) is 5.26. The minimum Gasteiger partial charge on any atom is -0.352 e. The highest BCUT2D eigenvalue weighted by atomic mass is 16.2. The number of hydrogen-bond donors (Lipinski definition) is 1. The lowest BCUT2D eigenvalue weighted by Gasteiger charge is -2.36. The first-order chi connectivity index (χ1) is 12.3. The summed E-state index contributed by atoms with van der Waals surface area (Å²) < 4.78 is 0. The summed E-state index contributed by atoms with van der Waals surface area (Å²) >= 11 is 0. The molecule has 25 heavy (non-hydrogen) atoms. The minimum atomic E-state index is 0.0937. The van der Waals surface area contributed by atoms with Crippen LogP contribution in [0.3, 0.4) is 0 Å². The van der Waals surface area contributed by atoms with Crippen molar-refractivity contribution in [1.82, 2.24) is 20.2 Å². The molecule has 2 heterocycles. The molecule has 1 N–H and O–H groups in total. The van der Waals surface area contributed by atoms with Crippen molar-refractivity contribution >= 4 is 22.9 Å². The molecular formula is C19H25N5O. The Morgan fingerprint density at radius 2 is 1.72 bits per heavy atom. The van der Waals surface area contributed by atoms with E-state index in [1.165, 1.54) is 19.3 Å². The number of carbonyl (C=O) groups is 1. The van der Waals surface area contributed by atoms with Crippen LogP contribution in [0.15, 0.2) is 30.5 Å². The fourth-order valence-electron chi connectivity index (χ4n) is 3.75. The van der Waals surface area contributed by atoms with Crippen LogP contribution in [-0.4, -0.2) is 53.1 Å². The highest BCUT2D eigenvalue weighted by Crippen LogP contribution is 2.19. The van der Waals surface area contributed by atoms with Crippen LogP contribution >= 0.6 is 0 Å². The molecule has 132 valence electrons. The average molecular weight is 339 g/mol. The fourth-order valence-corrected chi connectivity index (χ4v) is 3.75. The molecule has 0 spiro atoms. The van der Waals surface area contributed by atoms with Gasteiger partial charge in [-0.25, -0.2) is 9.78 Å². The van der Waals surface area contributed by atoms with Gasteiger partial charge in [0, 0.05) is 32.2 Å². The molecule has 2 aromatic rings. The van der Waals surface area contributed by atoms with Crippen LogP contribution in [0.1, 0.15) is 32.1 Å². The number of piperazine rings is 1. The molecule has 4 rings (SSSR count). The highest BCUT2D eigenvalue weighted by Gasteiger charge is 2.24. The second-order valence-electron chi connectivity index (χ2n) is 6.98. The van der Waals surface area contributed by atoms with E-state index in [9.17, 15) is 4.79 Å². The molecule has 1 aliphatic heterocycles. The lowest BCUT2D eigenvalue weighted by molar-refractivity contribution is 0.186. The predicted molar refractivity (Wildman–Crippen MR) is 98.7 cm³/mol. The summed E-state index contributed by atoms with van der Waals surface area (Å²) in [6.07, 6.45) is 7.85. The standard InChI is InChI=1S/C19H25N5O/c25-19(21-15-6-2-1-3-7-15)24-12-10-23(11-13-24)18-14-20-16-8-4-5-9-17(16)22-18/h4-5,8-9,14-15H,1-3,6-7,10-13H2,(H,21,25). The van der Waals surface area contributed by atoms with Crippen molar-refractivity contribution < 1.29 is 4.79 Å². The van der Waals surface area contributed by atoms with Crippen LogP contribution in [-0.2, 0) is 0 Å². The van der Waals surface area contributed by atoms with Crippen LogP contribution < -0.4 is 10.2 Å². The first-order valence-electron chi connectivity index (χ1n) is 9.32. The molecule has 0 unspecified atom stereocenters. The molecule has 1 saturated heterocycles. The summed E-state index contributed by atoms with van der Waals surface area (Å²) in [6.45, 7) is 3.05. The van der Waals surface area contributed by atoms with Gasteiger partial charge in [0.25, 0.3) is 0 Å². The summed E-state index contributed by atoms with van der Waals surface area (Å²) in [7, 11) is 0. The van der Waals surface area contributed by atoms with Crippen molar-refractivity contribution in [2.45, 2.75) is 38.1 Å². The number of para-hydroxylation sites is 2. The summed E-state index contributed by atoms with van der Waals surface area (Å²) in [5, 5.41) is 3.21. The predicted octanol–water partition coefficient (Wildman–Crippen LogP) is 2.79. The monoisotopic (exact) mass is 339 g/mol. The van der Waals surface area contributed by atoms with Gasteiger partial charge in [-0.1, -0.05) is 31.4 Å². The third kappa shape index (κ3) is 3.67. The van der Waals surface area contributed by atoms with E-state index in [2.05, 4.69) is 15.2 Å². The first kappa shape index (κ1) is 16.1. The Hall–Kier alpha value is -2.37. The summed E-state index contributed by atoms with van der Waals surface area (Å²) in [5.74, 6) is 0.894. The molecule has 2 fully saturated rings. The number of hydrogen-bond acceptors (Lipinski definition) is 4. The van der Waals surface area contributed by atoms with Crippen LogP contribution in [0.2, 0.25) is 0 Å². The molecule has 1 aromatic heterocycles. The summed E-state index contributed by atoms with van der Waals surface area (Å²) in [4.78, 5) is 25.8. The summed E-state index contributed by atoms with van der Waals surface area (Å²) in [6, 6.07) is 8.37. The van der Waals surface area contributed by atoms with Gasteiger partial charge in [-0.05, 0) is 25.0 Å². The van der Waals surface area contributed by atoms with Gasteiger partial charge in [0.2, 0.25) is 0 Å². The van der Waals surface area contributed by atoms with Crippen molar-refractivity contribution in [3.8, 4) is 0 Å². The maximum absolute atomic E-state index is 12.5. The van der Waals surface area contributed by atoms with E-state index in [-0.39, 0.29) is 6.03 Å². The fraction of sp³-hybridized carbons (Fsp3) is 0.526. The van der Waals surface area contributed by atoms with Gasteiger partial charge in [-0.15, -0.1) is 0 Å². The Bertz CT molecular complexity index is 735. The quantitative estimate of drug-likeness (QED) is 0.914. The molecule has 0 radical (unpaired) electrons. The number of amides is 2. The van der Waals surface area contributed by atoms with E-state index in [0.717, 1.165) is 55.9 Å². The smallest absolute Gasteiger partial charge is 0.317 e.